The fraction of sp³-hybridized carbons (Fsp3) is 0.421. The number of aromatic nitrogens is 1. The van der Waals surface area contributed by atoms with Crippen LogP contribution in [0.4, 0.5) is 0 Å². The fourth-order valence-electron chi connectivity index (χ4n) is 2.47. The molecular formula is C19H26N2OS. The maximum absolute atomic E-state index is 5.89. The molecule has 0 radical (unpaired) electrons. The van der Waals surface area contributed by atoms with Crippen molar-refractivity contribution < 1.29 is 4.74 Å². The van der Waals surface area contributed by atoms with Gasteiger partial charge in [0.25, 0.3) is 0 Å². The minimum absolute atomic E-state index is 0.178. The van der Waals surface area contributed by atoms with Crippen molar-refractivity contribution in [1.29, 1.82) is 0 Å². The Morgan fingerprint density at radius 1 is 1.35 bits per heavy atom. The van der Waals surface area contributed by atoms with Crippen molar-refractivity contribution in [3.63, 3.8) is 0 Å². The summed E-state index contributed by atoms with van der Waals surface area (Å²) in [4.78, 5) is 6.73. The summed E-state index contributed by atoms with van der Waals surface area (Å²) in [5.41, 5.74) is 2.48. The number of allylic oxidation sites excluding steroid dienone is 1. The molecule has 0 bridgehead atoms. The molecule has 23 heavy (non-hydrogen) atoms. The van der Waals surface area contributed by atoms with E-state index in [0.717, 1.165) is 23.7 Å². The second kappa shape index (κ2) is 8.27. The smallest absolute Gasteiger partial charge is 0.123 e. The normalized spacial score (nSPS) is 12.6. The number of hydrogen-bond acceptors (Lipinski definition) is 4. The van der Waals surface area contributed by atoms with E-state index in [9.17, 15) is 0 Å². The molecular weight excluding hydrogens is 304 g/mol. The number of ether oxygens (including phenoxy) is 1. The van der Waals surface area contributed by atoms with Crippen molar-refractivity contribution >= 4 is 11.3 Å². The lowest BCUT2D eigenvalue weighted by Gasteiger charge is -2.23. The van der Waals surface area contributed by atoms with Crippen LogP contribution in [-0.2, 0) is 13.0 Å². The second-order valence-electron chi connectivity index (χ2n) is 6.06. The first-order valence-corrected chi connectivity index (χ1v) is 8.88. The summed E-state index contributed by atoms with van der Waals surface area (Å²) in [6, 6.07) is 6.76. The Labute approximate surface area is 143 Å². The molecule has 3 nitrogen and oxygen atoms in total. The molecule has 2 aromatic rings. The molecule has 1 heterocycles. The van der Waals surface area contributed by atoms with Gasteiger partial charge in [-0.15, -0.1) is 17.9 Å². The van der Waals surface area contributed by atoms with Gasteiger partial charge >= 0.3 is 0 Å². The van der Waals surface area contributed by atoms with E-state index in [1.807, 2.05) is 17.7 Å². The SMILES string of the molecule is C=CCc1cc(CN(C)[C@@H](C)c2nccs2)ccc1OC(C)C. The van der Waals surface area contributed by atoms with Gasteiger partial charge in [-0.3, -0.25) is 4.90 Å². The Morgan fingerprint density at radius 2 is 2.13 bits per heavy atom. The first-order valence-electron chi connectivity index (χ1n) is 8.00. The fourth-order valence-corrected chi connectivity index (χ4v) is 3.23. The van der Waals surface area contributed by atoms with Gasteiger partial charge in [-0.05, 0) is 51.4 Å². The van der Waals surface area contributed by atoms with Crippen LogP contribution in [0.1, 0.15) is 42.9 Å². The van der Waals surface area contributed by atoms with Crippen molar-refractivity contribution in [2.24, 2.45) is 0 Å². The zero-order valence-electron chi connectivity index (χ0n) is 14.5. The maximum Gasteiger partial charge on any atom is 0.123 e. The van der Waals surface area contributed by atoms with Crippen molar-refractivity contribution in [3.05, 3.63) is 58.6 Å². The summed E-state index contributed by atoms with van der Waals surface area (Å²) in [6.07, 6.45) is 4.79. The third-order valence-electron chi connectivity index (χ3n) is 3.75. The van der Waals surface area contributed by atoms with Crippen LogP contribution < -0.4 is 4.74 Å². The van der Waals surface area contributed by atoms with E-state index < -0.39 is 0 Å². The first kappa shape index (κ1) is 17.7. The summed E-state index contributed by atoms with van der Waals surface area (Å²) in [5.74, 6) is 0.958. The minimum atomic E-state index is 0.178. The van der Waals surface area contributed by atoms with Crippen LogP contribution in [-0.4, -0.2) is 23.0 Å². The van der Waals surface area contributed by atoms with E-state index >= 15 is 0 Å². The maximum atomic E-state index is 5.89. The molecule has 0 saturated carbocycles. The molecule has 1 atom stereocenters. The van der Waals surface area contributed by atoms with Crippen molar-refractivity contribution in [2.75, 3.05) is 7.05 Å². The molecule has 0 aliphatic heterocycles. The zero-order valence-corrected chi connectivity index (χ0v) is 15.3. The molecule has 0 amide bonds. The molecule has 0 fully saturated rings. The highest BCUT2D eigenvalue weighted by Crippen LogP contribution is 2.26. The van der Waals surface area contributed by atoms with Gasteiger partial charge < -0.3 is 4.74 Å². The van der Waals surface area contributed by atoms with Gasteiger partial charge in [0.1, 0.15) is 10.8 Å². The highest BCUT2D eigenvalue weighted by Gasteiger charge is 2.15. The predicted octanol–water partition coefficient (Wildman–Crippen LogP) is 4.85. The number of benzene rings is 1. The van der Waals surface area contributed by atoms with Gasteiger partial charge in [-0.25, -0.2) is 4.98 Å². The minimum Gasteiger partial charge on any atom is -0.491 e. The van der Waals surface area contributed by atoms with E-state index in [4.69, 9.17) is 4.74 Å². The number of rotatable bonds is 8. The third-order valence-corrected chi connectivity index (χ3v) is 4.70. The van der Waals surface area contributed by atoms with Crippen LogP contribution in [0.5, 0.6) is 5.75 Å². The Morgan fingerprint density at radius 3 is 2.74 bits per heavy atom. The lowest BCUT2D eigenvalue weighted by Crippen LogP contribution is -2.22. The average Bonchev–Trinajstić information content (AvgIpc) is 3.03. The molecule has 4 heteroatoms. The lowest BCUT2D eigenvalue weighted by molar-refractivity contribution is 0.239. The van der Waals surface area contributed by atoms with Gasteiger partial charge in [0.05, 0.1) is 12.1 Å². The molecule has 124 valence electrons. The molecule has 0 aliphatic rings. The van der Waals surface area contributed by atoms with Crippen LogP contribution in [0.15, 0.2) is 42.4 Å². The Hall–Kier alpha value is -1.65. The standard InChI is InChI=1S/C19H26N2OS/c1-6-7-17-12-16(8-9-18(17)22-14(2)3)13-21(5)15(4)19-20-10-11-23-19/h6,8-12,14-15H,1,7,13H2,2-5H3/t15-/m0/s1. The van der Waals surface area contributed by atoms with Gasteiger partial charge in [-0.1, -0.05) is 18.2 Å². The molecule has 0 N–H and O–H groups in total. The zero-order chi connectivity index (χ0) is 16.8. The Bertz CT molecular complexity index is 622. The number of hydrogen-bond donors (Lipinski definition) is 0. The van der Waals surface area contributed by atoms with E-state index in [-0.39, 0.29) is 6.10 Å². The molecule has 0 spiro atoms. The third kappa shape index (κ3) is 4.91. The van der Waals surface area contributed by atoms with Gasteiger partial charge in [0, 0.05) is 18.1 Å². The van der Waals surface area contributed by atoms with E-state index in [1.54, 1.807) is 11.3 Å². The molecule has 2 rings (SSSR count). The summed E-state index contributed by atoms with van der Waals surface area (Å²) >= 11 is 1.70. The Balaban J connectivity index is 2.13. The van der Waals surface area contributed by atoms with Crippen molar-refractivity contribution in [3.8, 4) is 5.75 Å². The predicted molar refractivity (Wildman–Crippen MR) is 98.1 cm³/mol. The highest BCUT2D eigenvalue weighted by molar-refractivity contribution is 7.09. The molecule has 0 unspecified atom stereocenters. The van der Waals surface area contributed by atoms with Crippen molar-refractivity contribution in [2.45, 2.75) is 45.9 Å². The summed E-state index contributed by atoms with van der Waals surface area (Å²) in [6.45, 7) is 11.0. The van der Waals surface area contributed by atoms with E-state index in [0.29, 0.717) is 6.04 Å². The number of thiazole rings is 1. The van der Waals surface area contributed by atoms with E-state index in [1.165, 1.54) is 11.1 Å². The monoisotopic (exact) mass is 330 g/mol. The first-order chi connectivity index (χ1) is 11.0. The van der Waals surface area contributed by atoms with Crippen molar-refractivity contribution in [1.82, 2.24) is 9.88 Å². The summed E-state index contributed by atoms with van der Waals surface area (Å²) in [5, 5.41) is 3.18. The number of nitrogens with zero attached hydrogens (tertiary/aromatic N) is 2. The molecule has 1 aromatic heterocycles. The topological polar surface area (TPSA) is 25.4 Å². The molecule has 0 saturated heterocycles. The highest BCUT2D eigenvalue weighted by atomic mass is 32.1. The van der Waals surface area contributed by atoms with Crippen LogP contribution in [0, 0.1) is 0 Å². The average molecular weight is 330 g/mol. The van der Waals surface area contributed by atoms with Crippen LogP contribution in [0.25, 0.3) is 0 Å². The molecule has 1 aromatic carbocycles. The lowest BCUT2D eigenvalue weighted by atomic mass is 10.1. The summed E-state index contributed by atoms with van der Waals surface area (Å²) in [7, 11) is 2.14. The summed E-state index contributed by atoms with van der Waals surface area (Å²) < 4.78 is 5.89. The van der Waals surface area contributed by atoms with Gasteiger partial charge in [-0.2, -0.15) is 0 Å². The Kier molecular flexibility index (Phi) is 6.37. The second-order valence-corrected chi connectivity index (χ2v) is 6.99. The van der Waals surface area contributed by atoms with Crippen LogP contribution >= 0.6 is 11.3 Å². The van der Waals surface area contributed by atoms with Gasteiger partial charge in [0.15, 0.2) is 0 Å². The quantitative estimate of drug-likeness (QED) is 0.647. The largest absolute Gasteiger partial charge is 0.491 e. The van der Waals surface area contributed by atoms with Crippen LogP contribution in [0.3, 0.4) is 0 Å². The van der Waals surface area contributed by atoms with E-state index in [2.05, 4.69) is 62.5 Å². The van der Waals surface area contributed by atoms with Crippen LogP contribution in [0.2, 0.25) is 0 Å². The molecule has 0 aliphatic carbocycles. The van der Waals surface area contributed by atoms with Gasteiger partial charge in [0.2, 0.25) is 0 Å².